The Morgan fingerprint density at radius 3 is 2.35 bits per heavy atom. The van der Waals surface area contributed by atoms with Gasteiger partial charge >= 0.3 is 0 Å². The Kier molecular flexibility index (Phi) is 5.23. The number of nitrogens with one attached hydrogen (secondary N) is 1. The zero-order valence-corrected chi connectivity index (χ0v) is 15.7. The van der Waals surface area contributed by atoms with E-state index in [2.05, 4.69) is 51.3 Å². The number of nitrogens with zero attached hydrogens (tertiary/aromatic N) is 4. The van der Waals surface area contributed by atoms with Crippen LogP contribution < -0.4 is 15.1 Å². The molecule has 2 fully saturated rings. The van der Waals surface area contributed by atoms with E-state index in [1.807, 2.05) is 12.3 Å². The number of anilines is 4. The van der Waals surface area contributed by atoms with Crippen molar-refractivity contribution in [3.63, 3.8) is 0 Å². The van der Waals surface area contributed by atoms with Crippen molar-refractivity contribution < 1.29 is 0 Å². The summed E-state index contributed by atoms with van der Waals surface area (Å²) in [5.74, 6) is 2.52. The maximum absolute atomic E-state index is 4.72. The lowest BCUT2D eigenvalue weighted by Crippen LogP contribution is -2.33. The smallest absolute Gasteiger partial charge is 0.229 e. The van der Waals surface area contributed by atoms with Crippen LogP contribution in [0.4, 0.5) is 23.1 Å². The number of hydrogen-bond donors (Lipinski definition) is 1. The summed E-state index contributed by atoms with van der Waals surface area (Å²) in [5, 5.41) is 3.35. The van der Waals surface area contributed by atoms with Crippen LogP contribution in [0.5, 0.6) is 0 Å². The first-order valence-electron chi connectivity index (χ1n) is 9.98. The molecule has 0 radical (unpaired) electrons. The van der Waals surface area contributed by atoms with Crippen molar-refractivity contribution in [2.24, 2.45) is 5.92 Å². The molecule has 2 aliphatic rings. The standard InChI is InChI=1S/C21H29N5/c1-17-10-15-26(16-11-17)20-9-12-22-21(24-20)23-18-5-7-19(8-6-18)25-13-3-2-4-14-25/h5-9,12,17H,2-4,10-11,13-16H2,1H3,(H,22,23,24). The van der Waals surface area contributed by atoms with Crippen molar-refractivity contribution in [2.75, 3.05) is 41.3 Å². The van der Waals surface area contributed by atoms with Gasteiger partial charge in [0, 0.05) is 43.8 Å². The SMILES string of the molecule is CC1CCN(c2ccnc(Nc3ccc(N4CCCCC4)cc3)n2)CC1. The molecule has 4 rings (SSSR count). The zero-order valence-electron chi connectivity index (χ0n) is 15.7. The highest BCUT2D eigenvalue weighted by Gasteiger charge is 2.17. The minimum atomic E-state index is 0.673. The lowest BCUT2D eigenvalue weighted by molar-refractivity contribution is 0.436. The molecule has 0 atom stereocenters. The minimum absolute atomic E-state index is 0.673. The van der Waals surface area contributed by atoms with Crippen molar-refractivity contribution in [1.29, 1.82) is 0 Å². The lowest BCUT2D eigenvalue weighted by atomic mass is 9.99. The van der Waals surface area contributed by atoms with E-state index in [4.69, 9.17) is 4.98 Å². The van der Waals surface area contributed by atoms with Gasteiger partial charge in [0.05, 0.1) is 0 Å². The first-order valence-corrected chi connectivity index (χ1v) is 9.98. The topological polar surface area (TPSA) is 44.3 Å². The van der Waals surface area contributed by atoms with Gasteiger partial charge in [0.25, 0.3) is 0 Å². The Labute approximate surface area is 156 Å². The van der Waals surface area contributed by atoms with Crippen LogP contribution >= 0.6 is 0 Å². The van der Waals surface area contributed by atoms with E-state index in [0.29, 0.717) is 5.95 Å². The van der Waals surface area contributed by atoms with Crippen LogP contribution in [-0.2, 0) is 0 Å². The highest BCUT2D eigenvalue weighted by atomic mass is 15.2. The lowest BCUT2D eigenvalue weighted by Gasteiger charge is -2.31. The first kappa shape index (κ1) is 17.1. The van der Waals surface area contributed by atoms with Gasteiger partial charge in [-0.15, -0.1) is 0 Å². The van der Waals surface area contributed by atoms with Crippen LogP contribution in [0.15, 0.2) is 36.5 Å². The van der Waals surface area contributed by atoms with E-state index in [1.165, 1.54) is 50.9 Å². The van der Waals surface area contributed by atoms with E-state index in [1.54, 1.807) is 0 Å². The Balaban J connectivity index is 1.41. The molecular weight excluding hydrogens is 322 g/mol. The molecule has 2 aromatic rings. The zero-order chi connectivity index (χ0) is 17.8. The molecule has 1 aromatic heterocycles. The number of piperidine rings is 2. The van der Waals surface area contributed by atoms with Crippen LogP contribution in [0.1, 0.15) is 39.0 Å². The molecule has 0 aliphatic carbocycles. The molecule has 2 aliphatic heterocycles. The van der Waals surface area contributed by atoms with E-state index in [-0.39, 0.29) is 0 Å². The third-order valence-corrected chi connectivity index (χ3v) is 5.59. The van der Waals surface area contributed by atoms with Crippen LogP contribution in [0.2, 0.25) is 0 Å². The number of benzene rings is 1. The molecule has 0 bridgehead atoms. The predicted octanol–water partition coefficient (Wildman–Crippen LogP) is 4.45. The first-order chi connectivity index (χ1) is 12.8. The van der Waals surface area contributed by atoms with Gasteiger partial charge < -0.3 is 15.1 Å². The van der Waals surface area contributed by atoms with E-state index < -0.39 is 0 Å². The van der Waals surface area contributed by atoms with Gasteiger partial charge in [-0.2, -0.15) is 4.98 Å². The monoisotopic (exact) mass is 351 g/mol. The van der Waals surface area contributed by atoms with Crippen molar-refractivity contribution in [2.45, 2.75) is 39.0 Å². The molecule has 0 amide bonds. The maximum atomic E-state index is 4.72. The summed E-state index contributed by atoms with van der Waals surface area (Å²) in [7, 11) is 0. The second kappa shape index (κ2) is 7.94. The fraction of sp³-hybridized carbons (Fsp3) is 0.524. The number of rotatable bonds is 4. The quantitative estimate of drug-likeness (QED) is 0.882. The Hall–Kier alpha value is -2.30. The van der Waals surface area contributed by atoms with Gasteiger partial charge in [-0.3, -0.25) is 0 Å². The molecule has 5 heteroatoms. The molecule has 0 saturated carbocycles. The minimum Gasteiger partial charge on any atom is -0.372 e. The molecule has 2 saturated heterocycles. The second-order valence-corrected chi connectivity index (χ2v) is 7.63. The van der Waals surface area contributed by atoms with Gasteiger partial charge in [-0.25, -0.2) is 4.98 Å². The molecule has 1 aromatic carbocycles. The molecule has 0 spiro atoms. The van der Waals surface area contributed by atoms with Gasteiger partial charge in [0.1, 0.15) is 5.82 Å². The van der Waals surface area contributed by atoms with Crippen molar-refractivity contribution in [3.05, 3.63) is 36.5 Å². The molecule has 0 unspecified atom stereocenters. The Bertz CT molecular complexity index is 701. The van der Waals surface area contributed by atoms with Gasteiger partial charge in [-0.1, -0.05) is 6.92 Å². The summed E-state index contributed by atoms with van der Waals surface area (Å²) in [6.07, 6.45) is 8.30. The molecule has 5 nitrogen and oxygen atoms in total. The summed E-state index contributed by atoms with van der Waals surface area (Å²) >= 11 is 0. The van der Waals surface area contributed by atoms with E-state index >= 15 is 0 Å². The number of aromatic nitrogens is 2. The highest BCUT2D eigenvalue weighted by molar-refractivity contribution is 5.60. The third kappa shape index (κ3) is 4.09. The Morgan fingerprint density at radius 2 is 1.62 bits per heavy atom. The van der Waals surface area contributed by atoms with Crippen LogP contribution in [-0.4, -0.2) is 36.1 Å². The average molecular weight is 351 g/mol. The van der Waals surface area contributed by atoms with Crippen molar-refractivity contribution in [1.82, 2.24) is 9.97 Å². The summed E-state index contributed by atoms with van der Waals surface area (Å²) in [5.41, 5.74) is 2.35. The van der Waals surface area contributed by atoms with Crippen LogP contribution in [0.25, 0.3) is 0 Å². The fourth-order valence-corrected chi connectivity index (χ4v) is 3.86. The average Bonchev–Trinajstić information content (AvgIpc) is 2.70. The van der Waals surface area contributed by atoms with Crippen LogP contribution in [0.3, 0.4) is 0 Å². The van der Waals surface area contributed by atoms with E-state index in [0.717, 1.165) is 30.5 Å². The molecule has 138 valence electrons. The number of hydrogen-bond acceptors (Lipinski definition) is 5. The fourth-order valence-electron chi connectivity index (χ4n) is 3.86. The Morgan fingerprint density at radius 1 is 0.885 bits per heavy atom. The molecule has 1 N–H and O–H groups in total. The summed E-state index contributed by atoms with van der Waals surface area (Å²) < 4.78 is 0. The van der Waals surface area contributed by atoms with Crippen molar-refractivity contribution >= 4 is 23.1 Å². The normalized spacial score (nSPS) is 18.8. The molecule has 3 heterocycles. The largest absolute Gasteiger partial charge is 0.372 e. The second-order valence-electron chi connectivity index (χ2n) is 7.63. The summed E-state index contributed by atoms with van der Waals surface area (Å²) in [6, 6.07) is 10.7. The van der Waals surface area contributed by atoms with Gasteiger partial charge in [0.15, 0.2) is 0 Å². The third-order valence-electron chi connectivity index (χ3n) is 5.59. The molecule has 26 heavy (non-hydrogen) atoms. The van der Waals surface area contributed by atoms with Crippen LogP contribution in [0, 0.1) is 5.92 Å². The van der Waals surface area contributed by atoms with Gasteiger partial charge in [-0.05, 0) is 68.4 Å². The maximum Gasteiger partial charge on any atom is 0.229 e. The van der Waals surface area contributed by atoms with E-state index in [9.17, 15) is 0 Å². The highest BCUT2D eigenvalue weighted by Crippen LogP contribution is 2.25. The van der Waals surface area contributed by atoms with Crippen molar-refractivity contribution in [3.8, 4) is 0 Å². The predicted molar refractivity (Wildman–Crippen MR) is 108 cm³/mol. The summed E-state index contributed by atoms with van der Waals surface area (Å²) in [6.45, 7) is 6.85. The molecular formula is C21H29N5. The van der Waals surface area contributed by atoms with Gasteiger partial charge in [0.2, 0.25) is 5.95 Å². The summed E-state index contributed by atoms with van der Waals surface area (Å²) in [4.78, 5) is 14.0.